The van der Waals surface area contributed by atoms with Crippen molar-refractivity contribution in [1.82, 2.24) is 15.1 Å². The fraction of sp³-hybridized carbons (Fsp3) is 0.800. The van der Waals surface area contributed by atoms with Crippen molar-refractivity contribution in [2.45, 2.75) is 51.4 Å². The van der Waals surface area contributed by atoms with E-state index < -0.39 is 0 Å². The number of nitrogens with one attached hydrogen (secondary N) is 1. The fourth-order valence-electron chi connectivity index (χ4n) is 3.29. The Morgan fingerprint density at radius 2 is 2.16 bits per heavy atom. The second kappa shape index (κ2) is 7.30. The second-order valence-electron chi connectivity index (χ2n) is 5.71. The van der Waals surface area contributed by atoms with E-state index in [-0.39, 0.29) is 0 Å². The largest absolute Gasteiger partial charge is 0.316 e. The number of nitrogens with zero attached hydrogens (tertiary/aromatic N) is 2. The lowest BCUT2D eigenvalue weighted by Crippen LogP contribution is -2.28. The summed E-state index contributed by atoms with van der Waals surface area (Å²) in [4.78, 5) is 0. The average molecular weight is 284 g/mol. The summed E-state index contributed by atoms with van der Waals surface area (Å²) in [6.07, 6.45) is 9.57. The zero-order valence-electron chi connectivity index (χ0n) is 12.2. The summed E-state index contributed by atoms with van der Waals surface area (Å²) in [6.45, 7) is 4.44. The molecule has 19 heavy (non-hydrogen) atoms. The number of hydrogen-bond acceptors (Lipinski definition) is 2. The van der Waals surface area contributed by atoms with Gasteiger partial charge < -0.3 is 5.32 Å². The number of aryl methyl sites for hydroxylation is 1. The Hall–Kier alpha value is -0.540. The van der Waals surface area contributed by atoms with Gasteiger partial charge in [0.2, 0.25) is 0 Å². The van der Waals surface area contributed by atoms with E-state index in [1.54, 1.807) is 6.20 Å². The Balaban J connectivity index is 2.12. The Bertz CT molecular complexity index is 369. The highest BCUT2D eigenvalue weighted by Gasteiger charge is 2.28. The standard InChI is InChI=1S/C15H26ClN3/c1-3-9-17-10-12-7-5-4-6-8-13(12)15-14(16)11-18-19(15)2/h11-13,17H,3-10H2,1-2H3. The molecule has 1 aliphatic rings. The van der Waals surface area contributed by atoms with Gasteiger partial charge in [-0.05, 0) is 38.3 Å². The first-order valence-electron chi connectivity index (χ1n) is 7.62. The Kier molecular flexibility index (Phi) is 5.71. The minimum Gasteiger partial charge on any atom is -0.316 e. The van der Waals surface area contributed by atoms with Crippen LogP contribution >= 0.6 is 11.6 Å². The molecule has 1 fully saturated rings. The third-order valence-electron chi connectivity index (χ3n) is 4.28. The highest BCUT2D eigenvalue weighted by atomic mass is 35.5. The Labute approximate surface area is 121 Å². The van der Waals surface area contributed by atoms with Crippen LogP contribution in [-0.2, 0) is 7.05 Å². The zero-order chi connectivity index (χ0) is 13.7. The van der Waals surface area contributed by atoms with Gasteiger partial charge in [0.15, 0.2) is 0 Å². The summed E-state index contributed by atoms with van der Waals surface area (Å²) in [6, 6.07) is 0. The minimum absolute atomic E-state index is 0.562. The normalized spacial score (nSPS) is 24.4. The maximum Gasteiger partial charge on any atom is 0.0820 e. The van der Waals surface area contributed by atoms with Crippen LogP contribution in [0.15, 0.2) is 6.20 Å². The molecule has 0 saturated heterocycles. The molecule has 0 bridgehead atoms. The molecule has 0 aromatic carbocycles. The molecule has 1 aromatic rings. The predicted octanol–water partition coefficient (Wildman–Crippen LogP) is 3.74. The van der Waals surface area contributed by atoms with Gasteiger partial charge in [-0.3, -0.25) is 4.68 Å². The molecule has 108 valence electrons. The van der Waals surface area contributed by atoms with Gasteiger partial charge in [-0.15, -0.1) is 0 Å². The molecule has 1 saturated carbocycles. The molecular formula is C15H26ClN3. The number of aromatic nitrogens is 2. The summed E-state index contributed by atoms with van der Waals surface area (Å²) >= 11 is 6.35. The van der Waals surface area contributed by atoms with Crippen LogP contribution < -0.4 is 5.32 Å². The quantitative estimate of drug-likeness (QED) is 0.659. The molecule has 1 N–H and O–H groups in total. The predicted molar refractivity (Wildman–Crippen MR) is 80.7 cm³/mol. The molecule has 0 radical (unpaired) electrons. The monoisotopic (exact) mass is 283 g/mol. The molecule has 3 nitrogen and oxygen atoms in total. The van der Waals surface area contributed by atoms with E-state index in [9.17, 15) is 0 Å². The summed E-state index contributed by atoms with van der Waals surface area (Å²) in [5.74, 6) is 1.26. The fourth-order valence-corrected chi connectivity index (χ4v) is 3.60. The van der Waals surface area contributed by atoms with E-state index in [1.165, 1.54) is 44.2 Å². The van der Waals surface area contributed by atoms with Crippen molar-refractivity contribution >= 4 is 11.6 Å². The van der Waals surface area contributed by atoms with Crippen LogP contribution in [-0.4, -0.2) is 22.9 Å². The molecule has 0 aliphatic heterocycles. The molecule has 1 heterocycles. The van der Waals surface area contributed by atoms with E-state index in [2.05, 4.69) is 17.3 Å². The van der Waals surface area contributed by atoms with Crippen LogP contribution in [0.1, 0.15) is 57.1 Å². The van der Waals surface area contributed by atoms with E-state index >= 15 is 0 Å². The third-order valence-corrected chi connectivity index (χ3v) is 4.57. The molecular weight excluding hydrogens is 258 g/mol. The highest BCUT2D eigenvalue weighted by Crippen LogP contribution is 2.38. The lowest BCUT2D eigenvalue weighted by molar-refractivity contribution is 0.362. The molecule has 2 atom stereocenters. The maximum atomic E-state index is 6.35. The van der Waals surface area contributed by atoms with Crippen molar-refractivity contribution in [2.24, 2.45) is 13.0 Å². The third kappa shape index (κ3) is 3.73. The van der Waals surface area contributed by atoms with Crippen LogP contribution in [0.5, 0.6) is 0 Å². The van der Waals surface area contributed by atoms with Gasteiger partial charge in [-0.25, -0.2) is 0 Å². The van der Waals surface area contributed by atoms with E-state index in [0.717, 1.165) is 18.1 Å². The number of hydrogen-bond donors (Lipinski definition) is 1. The van der Waals surface area contributed by atoms with Crippen LogP contribution in [0, 0.1) is 5.92 Å². The van der Waals surface area contributed by atoms with Crippen molar-refractivity contribution in [3.8, 4) is 0 Å². The second-order valence-corrected chi connectivity index (χ2v) is 6.12. The van der Waals surface area contributed by atoms with Crippen LogP contribution in [0.2, 0.25) is 5.02 Å². The topological polar surface area (TPSA) is 29.9 Å². The summed E-state index contributed by atoms with van der Waals surface area (Å²) in [5, 5.41) is 8.75. The summed E-state index contributed by atoms with van der Waals surface area (Å²) in [7, 11) is 2.02. The van der Waals surface area contributed by atoms with Gasteiger partial charge in [-0.1, -0.05) is 37.8 Å². The van der Waals surface area contributed by atoms with Crippen molar-refractivity contribution in [1.29, 1.82) is 0 Å². The molecule has 2 rings (SSSR count). The SMILES string of the molecule is CCCNCC1CCCCCC1c1c(Cl)cnn1C. The van der Waals surface area contributed by atoms with E-state index in [4.69, 9.17) is 11.6 Å². The first-order chi connectivity index (χ1) is 9.24. The number of halogens is 1. The van der Waals surface area contributed by atoms with Crippen molar-refractivity contribution in [2.75, 3.05) is 13.1 Å². The van der Waals surface area contributed by atoms with Crippen molar-refractivity contribution < 1.29 is 0 Å². The van der Waals surface area contributed by atoms with Crippen LogP contribution in [0.25, 0.3) is 0 Å². The molecule has 2 unspecified atom stereocenters. The molecule has 0 amide bonds. The molecule has 0 spiro atoms. The lowest BCUT2D eigenvalue weighted by Gasteiger charge is -2.26. The summed E-state index contributed by atoms with van der Waals surface area (Å²) in [5.41, 5.74) is 1.24. The maximum absolute atomic E-state index is 6.35. The molecule has 1 aromatic heterocycles. The van der Waals surface area contributed by atoms with Gasteiger partial charge in [-0.2, -0.15) is 5.10 Å². The number of rotatable bonds is 5. The average Bonchev–Trinajstić information content (AvgIpc) is 2.62. The van der Waals surface area contributed by atoms with Crippen LogP contribution in [0.4, 0.5) is 0 Å². The van der Waals surface area contributed by atoms with Gasteiger partial charge in [0.05, 0.1) is 16.9 Å². The van der Waals surface area contributed by atoms with Crippen molar-refractivity contribution in [3.05, 3.63) is 16.9 Å². The van der Waals surface area contributed by atoms with E-state index in [1.807, 2.05) is 11.7 Å². The molecule has 4 heteroatoms. The van der Waals surface area contributed by atoms with Gasteiger partial charge in [0.1, 0.15) is 0 Å². The highest BCUT2D eigenvalue weighted by molar-refractivity contribution is 6.31. The first kappa shape index (κ1) is 14.9. The van der Waals surface area contributed by atoms with Gasteiger partial charge in [0.25, 0.3) is 0 Å². The molecule has 1 aliphatic carbocycles. The Morgan fingerprint density at radius 3 is 2.84 bits per heavy atom. The van der Waals surface area contributed by atoms with E-state index in [0.29, 0.717) is 11.8 Å². The smallest absolute Gasteiger partial charge is 0.0820 e. The van der Waals surface area contributed by atoms with Gasteiger partial charge in [0, 0.05) is 13.0 Å². The first-order valence-corrected chi connectivity index (χ1v) is 8.00. The Morgan fingerprint density at radius 1 is 1.37 bits per heavy atom. The van der Waals surface area contributed by atoms with Crippen molar-refractivity contribution in [3.63, 3.8) is 0 Å². The summed E-state index contributed by atoms with van der Waals surface area (Å²) < 4.78 is 1.98. The zero-order valence-corrected chi connectivity index (χ0v) is 12.9. The van der Waals surface area contributed by atoms with Gasteiger partial charge >= 0.3 is 0 Å². The minimum atomic E-state index is 0.562. The van der Waals surface area contributed by atoms with Crippen LogP contribution in [0.3, 0.4) is 0 Å². The lowest BCUT2D eigenvalue weighted by atomic mass is 9.85.